The molecule has 0 saturated heterocycles. The van der Waals surface area contributed by atoms with Crippen LogP contribution >= 0.6 is 27.5 Å². The number of hydrogen-bond donors (Lipinski definition) is 1. The van der Waals surface area contributed by atoms with Crippen molar-refractivity contribution in [2.24, 2.45) is 0 Å². The van der Waals surface area contributed by atoms with Crippen LogP contribution in [0, 0.1) is 0 Å². The number of fused-ring (bicyclic) bond motifs is 1. The first kappa shape index (κ1) is 12.6. The van der Waals surface area contributed by atoms with E-state index in [-0.39, 0.29) is 0 Å². The molecular weight excluding hydrogens is 334 g/mol. The first-order valence-electron chi connectivity index (χ1n) is 5.70. The first-order chi connectivity index (χ1) is 9.15. The van der Waals surface area contributed by atoms with Gasteiger partial charge in [0.2, 0.25) is 0 Å². The molecule has 0 saturated carbocycles. The van der Waals surface area contributed by atoms with E-state index in [1.807, 2.05) is 12.1 Å². The SMILES string of the molecule is Nc1c(Br)cnn1Cc1cc(Cl)c2c(c1)OCCO2. The molecule has 2 aromatic rings. The van der Waals surface area contributed by atoms with Crippen LogP contribution in [0.3, 0.4) is 0 Å². The number of nitrogens with two attached hydrogens (primary N) is 1. The smallest absolute Gasteiger partial charge is 0.179 e. The summed E-state index contributed by atoms with van der Waals surface area (Å²) in [4.78, 5) is 0. The van der Waals surface area contributed by atoms with E-state index in [0.29, 0.717) is 42.1 Å². The second-order valence-electron chi connectivity index (χ2n) is 4.14. The lowest BCUT2D eigenvalue weighted by atomic mass is 10.2. The summed E-state index contributed by atoms with van der Waals surface area (Å²) in [6, 6.07) is 3.74. The maximum Gasteiger partial charge on any atom is 0.179 e. The maximum absolute atomic E-state index is 6.18. The van der Waals surface area contributed by atoms with Crippen LogP contribution in [0.1, 0.15) is 5.56 Å². The second-order valence-corrected chi connectivity index (χ2v) is 5.40. The van der Waals surface area contributed by atoms with Crippen molar-refractivity contribution in [3.63, 3.8) is 0 Å². The molecule has 0 amide bonds. The number of aromatic nitrogens is 2. The van der Waals surface area contributed by atoms with Crippen molar-refractivity contribution in [1.82, 2.24) is 9.78 Å². The van der Waals surface area contributed by atoms with Crippen LogP contribution in [0.5, 0.6) is 11.5 Å². The fourth-order valence-corrected chi connectivity index (χ4v) is 2.51. The lowest BCUT2D eigenvalue weighted by Crippen LogP contribution is -2.16. The van der Waals surface area contributed by atoms with Crippen LogP contribution in [0.15, 0.2) is 22.8 Å². The number of nitrogens with zero attached hydrogens (tertiary/aromatic N) is 2. The molecule has 0 aliphatic carbocycles. The molecule has 0 bridgehead atoms. The Morgan fingerprint density at radius 3 is 2.89 bits per heavy atom. The highest BCUT2D eigenvalue weighted by molar-refractivity contribution is 9.10. The Morgan fingerprint density at radius 1 is 1.37 bits per heavy atom. The van der Waals surface area contributed by atoms with Gasteiger partial charge in [-0.05, 0) is 33.6 Å². The van der Waals surface area contributed by atoms with Gasteiger partial charge in [0.1, 0.15) is 19.0 Å². The largest absolute Gasteiger partial charge is 0.486 e. The van der Waals surface area contributed by atoms with Crippen molar-refractivity contribution in [2.75, 3.05) is 18.9 Å². The Bertz CT molecular complexity index is 630. The molecule has 0 spiro atoms. The molecule has 2 N–H and O–H groups in total. The van der Waals surface area contributed by atoms with Gasteiger partial charge in [0.05, 0.1) is 22.2 Å². The zero-order chi connectivity index (χ0) is 13.4. The summed E-state index contributed by atoms with van der Waals surface area (Å²) in [5, 5.41) is 4.72. The topological polar surface area (TPSA) is 62.3 Å². The fourth-order valence-electron chi connectivity index (χ4n) is 1.93. The van der Waals surface area contributed by atoms with Crippen molar-refractivity contribution in [1.29, 1.82) is 0 Å². The van der Waals surface area contributed by atoms with Crippen LogP contribution < -0.4 is 15.2 Å². The summed E-state index contributed by atoms with van der Waals surface area (Å²) in [6.07, 6.45) is 1.66. The van der Waals surface area contributed by atoms with E-state index in [0.717, 1.165) is 10.0 Å². The van der Waals surface area contributed by atoms with E-state index in [1.165, 1.54) is 0 Å². The molecular formula is C12H11BrClN3O2. The third kappa shape index (κ3) is 2.37. The van der Waals surface area contributed by atoms with Crippen LogP contribution in [-0.4, -0.2) is 23.0 Å². The zero-order valence-corrected chi connectivity index (χ0v) is 12.2. The second kappa shape index (κ2) is 4.94. The van der Waals surface area contributed by atoms with Crippen LogP contribution in [0.25, 0.3) is 0 Å². The average molecular weight is 345 g/mol. The monoisotopic (exact) mass is 343 g/mol. The standard InChI is InChI=1S/C12H11BrClN3O2/c13-8-5-16-17(12(8)15)6-7-3-9(14)11-10(4-7)18-1-2-19-11/h3-5H,1-2,6,15H2. The van der Waals surface area contributed by atoms with Crippen LogP contribution in [0.2, 0.25) is 5.02 Å². The van der Waals surface area contributed by atoms with E-state index in [2.05, 4.69) is 21.0 Å². The van der Waals surface area contributed by atoms with Crippen molar-refractivity contribution in [3.05, 3.63) is 33.4 Å². The van der Waals surface area contributed by atoms with Gasteiger partial charge in [-0.1, -0.05) is 11.6 Å². The van der Waals surface area contributed by atoms with Gasteiger partial charge < -0.3 is 15.2 Å². The minimum absolute atomic E-state index is 0.519. The molecule has 2 heterocycles. The summed E-state index contributed by atoms with van der Waals surface area (Å²) in [7, 11) is 0. The number of ether oxygens (including phenoxy) is 2. The van der Waals surface area contributed by atoms with Gasteiger partial charge in [-0.3, -0.25) is 0 Å². The lowest BCUT2D eigenvalue weighted by Gasteiger charge is -2.20. The van der Waals surface area contributed by atoms with E-state index >= 15 is 0 Å². The Morgan fingerprint density at radius 2 is 2.16 bits per heavy atom. The molecule has 0 unspecified atom stereocenters. The van der Waals surface area contributed by atoms with Crippen molar-refractivity contribution in [2.45, 2.75) is 6.54 Å². The molecule has 1 aromatic carbocycles. The van der Waals surface area contributed by atoms with Gasteiger partial charge in [0, 0.05) is 0 Å². The Hall–Kier alpha value is -1.40. The molecule has 1 aromatic heterocycles. The van der Waals surface area contributed by atoms with Crippen LogP contribution in [0.4, 0.5) is 5.82 Å². The highest BCUT2D eigenvalue weighted by atomic mass is 79.9. The van der Waals surface area contributed by atoms with Crippen molar-refractivity contribution >= 4 is 33.3 Å². The number of benzene rings is 1. The molecule has 0 atom stereocenters. The molecule has 0 radical (unpaired) electrons. The number of hydrogen-bond acceptors (Lipinski definition) is 4. The third-order valence-corrected chi connectivity index (χ3v) is 3.71. The zero-order valence-electron chi connectivity index (χ0n) is 9.90. The highest BCUT2D eigenvalue weighted by Crippen LogP contribution is 2.38. The quantitative estimate of drug-likeness (QED) is 0.910. The number of nitrogen functional groups attached to an aromatic ring is 1. The number of halogens is 2. The van der Waals surface area contributed by atoms with Crippen molar-refractivity contribution < 1.29 is 9.47 Å². The minimum Gasteiger partial charge on any atom is -0.486 e. The summed E-state index contributed by atoms with van der Waals surface area (Å²) in [6.45, 7) is 1.57. The summed E-state index contributed by atoms with van der Waals surface area (Å²) < 4.78 is 13.5. The molecule has 100 valence electrons. The molecule has 7 heteroatoms. The minimum atomic E-state index is 0.519. The number of rotatable bonds is 2. The maximum atomic E-state index is 6.18. The van der Waals surface area contributed by atoms with Crippen molar-refractivity contribution in [3.8, 4) is 11.5 Å². The summed E-state index contributed by atoms with van der Waals surface area (Å²) in [5.74, 6) is 1.84. The Balaban J connectivity index is 1.93. The lowest BCUT2D eigenvalue weighted by molar-refractivity contribution is 0.171. The van der Waals surface area contributed by atoms with Crippen LogP contribution in [-0.2, 0) is 6.54 Å². The van der Waals surface area contributed by atoms with E-state index in [4.69, 9.17) is 26.8 Å². The Kier molecular flexibility index (Phi) is 3.28. The Labute approximate surface area is 123 Å². The molecule has 5 nitrogen and oxygen atoms in total. The first-order valence-corrected chi connectivity index (χ1v) is 6.87. The molecule has 1 aliphatic rings. The third-order valence-electron chi connectivity index (χ3n) is 2.82. The van der Waals surface area contributed by atoms with E-state index < -0.39 is 0 Å². The summed E-state index contributed by atoms with van der Waals surface area (Å²) >= 11 is 9.51. The average Bonchev–Trinajstić information content (AvgIpc) is 2.71. The van der Waals surface area contributed by atoms with Gasteiger partial charge in [-0.2, -0.15) is 5.10 Å². The van der Waals surface area contributed by atoms with Gasteiger partial charge in [-0.25, -0.2) is 4.68 Å². The summed E-state index contributed by atoms with van der Waals surface area (Å²) in [5.41, 5.74) is 6.85. The van der Waals surface area contributed by atoms with E-state index in [9.17, 15) is 0 Å². The van der Waals surface area contributed by atoms with Gasteiger partial charge in [0.25, 0.3) is 0 Å². The normalized spacial score (nSPS) is 13.6. The fraction of sp³-hybridized carbons (Fsp3) is 0.250. The predicted octanol–water partition coefficient (Wildman–Crippen LogP) is 2.70. The molecule has 19 heavy (non-hydrogen) atoms. The molecule has 0 fully saturated rings. The number of anilines is 1. The molecule has 3 rings (SSSR count). The van der Waals surface area contributed by atoms with Gasteiger partial charge in [-0.15, -0.1) is 0 Å². The van der Waals surface area contributed by atoms with Gasteiger partial charge >= 0.3 is 0 Å². The highest BCUT2D eigenvalue weighted by Gasteiger charge is 2.17. The predicted molar refractivity (Wildman–Crippen MR) is 75.9 cm³/mol. The van der Waals surface area contributed by atoms with Gasteiger partial charge in [0.15, 0.2) is 11.5 Å². The molecule has 1 aliphatic heterocycles. The van der Waals surface area contributed by atoms with E-state index in [1.54, 1.807) is 10.9 Å².